The summed E-state index contributed by atoms with van der Waals surface area (Å²) in [4.78, 5) is 11.5. The predicted octanol–water partition coefficient (Wildman–Crippen LogP) is 0.328. The average Bonchev–Trinajstić information content (AvgIpc) is 2.09. The van der Waals surface area contributed by atoms with E-state index >= 15 is 0 Å². The summed E-state index contributed by atoms with van der Waals surface area (Å²) in [5.41, 5.74) is 5.00. The molecule has 0 amide bonds. The van der Waals surface area contributed by atoms with E-state index in [1.807, 2.05) is 6.92 Å². The molecule has 0 bridgehead atoms. The van der Waals surface area contributed by atoms with Gasteiger partial charge in [-0.2, -0.15) is 0 Å². The monoisotopic (exact) mass is 157 g/mol. The minimum Gasteiger partial charge on any atom is -0.367 e. The minimum absolute atomic E-state index is 0.0933. The van der Waals surface area contributed by atoms with Crippen LogP contribution in [0.4, 0.5) is 0 Å². The van der Waals surface area contributed by atoms with Gasteiger partial charge in [0, 0.05) is 6.04 Å². The zero-order valence-electron chi connectivity index (χ0n) is 7.26. The fraction of sp³-hybridized carbons (Fsp3) is 0.875. The van der Waals surface area contributed by atoms with Crippen molar-refractivity contribution in [1.82, 2.24) is 0 Å². The second-order valence-corrected chi connectivity index (χ2v) is 3.65. The zero-order chi connectivity index (χ0) is 8.65. The Morgan fingerprint density at radius 1 is 1.73 bits per heavy atom. The fourth-order valence-corrected chi connectivity index (χ4v) is 1.28. The van der Waals surface area contributed by atoms with Gasteiger partial charge in [-0.15, -0.1) is 0 Å². The molecule has 1 heterocycles. The number of nitrogens with two attached hydrogens (primary N) is 1. The molecule has 0 aromatic carbocycles. The van der Waals surface area contributed by atoms with E-state index in [9.17, 15) is 4.79 Å². The van der Waals surface area contributed by atoms with Crippen molar-refractivity contribution in [2.75, 3.05) is 6.61 Å². The molecule has 0 aliphatic carbocycles. The lowest BCUT2D eigenvalue weighted by Crippen LogP contribution is -2.37. The smallest absolute Gasteiger partial charge is 0.170 e. The maximum Gasteiger partial charge on any atom is 0.170 e. The van der Waals surface area contributed by atoms with Gasteiger partial charge in [0.25, 0.3) is 0 Å². The Bertz CT molecular complexity index is 175. The Labute approximate surface area is 66.9 Å². The highest BCUT2D eigenvalue weighted by atomic mass is 16.5. The molecule has 3 heteroatoms. The summed E-state index contributed by atoms with van der Waals surface area (Å²) in [5, 5.41) is 0. The van der Waals surface area contributed by atoms with Crippen LogP contribution in [0.3, 0.4) is 0 Å². The molecular formula is C8H15NO2. The molecule has 1 rings (SSSR count). The summed E-state index contributed by atoms with van der Waals surface area (Å²) in [5.74, 6) is 0.0255. The zero-order valence-corrected chi connectivity index (χ0v) is 7.26. The first-order valence-corrected chi connectivity index (χ1v) is 3.89. The highest BCUT2D eigenvalue weighted by Crippen LogP contribution is 2.26. The van der Waals surface area contributed by atoms with Crippen LogP contribution >= 0.6 is 0 Å². The van der Waals surface area contributed by atoms with Crippen molar-refractivity contribution in [3.8, 4) is 0 Å². The van der Waals surface area contributed by atoms with Gasteiger partial charge in [-0.25, -0.2) is 0 Å². The van der Waals surface area contributed by atoms with E-state index in [-0.39, 0.29) is 17.7 Å². The summed E-state index contributed by atoms with van der Waals surface area (Å²) in [7, 11) is 0. The topological polar surface area (TPSA) is 52.3 Å². The average molecular weight is 157 g/mol. The van der Waals surface area contributed by atoms with Crippen LogP contribution in [0.25, 0.3) is 0 Å². The molecule has 2 N–H and O–H groups in total. The van der Waals surface area contributed by atoms with Crippen LogP contribution in [0, 0.1) is 5.92 Å². The molecule has 2 atom stereocenters. The first-order valence-electron chi connectivity index (χ1n) is 3.89. The Morgan fingerprint density at radius 2 is 2.27 bits per heavy atom. The van der Waals surface area contributed by atoms with Crippen LogP contribution in [-0.2, 0) is 9.53 Å². The van der Waals surface area contributed by atoms with Crippen molar-refractivity contribution < 1.29 is 9.53 Å². The number of ketones is 1. The van der Waals surface area contributed by atoms with Gasteiger partial charge in [0.1, 0.15) is 5.60 Å². The lowest BCUT2D eigenvalue weighted by atomic mass is 9.91. The standard InChI is InChI=1S/C8H15NO2/c1-5(9)6-4-11-8(2,3)7(6)10/h5-6H,4,9H2,1-3H3. The third kappa shape index (κ3) is 1.44. The molecule has 0 radical (unpaired) electrons. The van der Waals surface area contributed by atoms with Crippen molar-refractivity contribution in [2.24, 2.45) is 11.7 Å². The Morgan fingerprint density at radius 3 is 2.45 bits per heavy atom. The lowest BCUT2D eigenvalue weighted by Gasteiger charge is -2.15. The molecule has 3 nitrogen and oxygen atoms in total. The molecule has 0 aromatic rings. The van der Waals surface area contributed by atoms with Gasteiger partial charge in [-0.05, 0) is 20.8 Å². The quantitative estimate of drug-likeness (QED) is 0.596. The van der Waals surface area contributed by atoms with Crippen LogP contribution in [-0.4, -0.2) is 24.0 Å². The molecule has 64 valence electrons. The Kier molecular flexibility index (Phi) is 2.03. The van der Waals surface area contributed by atoms with E-state index in [2.05, 4.69) is 0 Å². The number of rotatable bonds is 1. The molecule has 0 saturated carbocycles. The predicted molar refractivity (Wildman–Crippen MR) is 42.2 cm³/mol. The van der Waals surface area contributed by atoms with Gasteiger partial charge in [0.15, 0.2) is 5.78 Å². The first-order chi connectivity index (χ1) is 4.95. The highest BCUT2D eigenvalue weighted by molar-refractivity contribution is 5.90. The van der Waals surface area contributed by atoms with Crippen LogP contribution in [0.2, 0.25) is 0 Å². The summed E-state index contributed by atoms with van der Waals surface area (Å²) < 4.78 is 5.30. The third-order valence-corrected chi connectivity index (χ3v) is 2.19. The molecule has 1 fully saturated rings. The molecule has 2 unspecified atom stereocenters. The second-order valence-electron chi connectivity index (χ2n) is 3.65. The van der Waals surface area contributed by atoms with Crippen LogP contribution < -0.4 is 5.73 Å². The van der Waals surface area contributed by atoms with E-state index < -0.39 is 5.60 Å². The summed E-state index contributed by atoms with van der Waals surface area (Å²) in [6.45, 7) is 5.90. The summed E-state index contributed by atoms with van der Waals surface area (Å²) >= 11 is 0. The number of carbonyl (C=O) groups excluding carboxylic acids is 1. The molecule has 0 spiro atoms. The number of ether oxygens (including phenoxy) is 1. The minimum atomic E-state index is -0.613. The highest BCUT2D eigenvalue weighted by Gasteiger charge is 2.43. The molecule has 1 aliphatic heterocycles. The number of Topliss-reactive ketones (excluding diaryl/α,β-unsaturated/α-hetero) is 1. The fourth-order valence-electron chi connectivity index (χ4n) is 1.28. The van der Waals surface area contributed by atoms with E-state index in [1.54, 1.807) is 13.8 Å². The van der Waals surface area contributed by atoms with E-state index in [4.69, 9.17) is 10.5 Å². The summed E-state index contributed by atoms with van der Waals surface area (Å²) in [6.07, 6.45) is 0. The largest absolute Gasteiger partial charge is 0.367 e. The Hall–Kier alpha value is -0.410. The van der Waals surface area contributed by atoms with Crippen molar-refractivity contribution in [1.29, 1.82) is 0 Å². The molecule has 0 aromatic heterocycles. The van der Waals surface area contributed by atoms with Gasteiger partial charge >= 0.3 is 0 Å². The van der Waals surface area contributed by atoms with Crippen molar-refractivity contribution in [3.63, 3.8) is 0 Å². The van der Waals surface area contributed by atoms with E-state index in [1.165, 1.54) is 0 Å². The summed E-state index contributed by atoms with van der Waals surface area (Å²) in [6, 6.07) is -0.0933. The van der Waals surface area contributed by atoms with Gasteiger partial charge in [-0.3, -0.25) is 4.79 Å². The van der Waals surface area contributed by atoms with Gasteiger partial charge < -0.3 is 10.5 Å². The van der Waals surface area contributed by atoms with Crippen molar-refractivity contribution in [3.05, 3.63) is 0 Å². The number of hydrogen-bond acceptors (Lipinski definition) is 3. The Balaban J connectivity index is 2.71. The maximum absolute atomic E-state index is 11.5. The van der Waals surface area contributed by atoms with E-state index in [0.717, 1.165) is 0 Å². The van der Waals surface area contributed by atoms with Crippen LogP contribution in [0.15, 0.2) is 0 Å². The molecule has 1 saturated heterocycles. The SMILES string of the molecule is CC(N)C1COC(C)(C)C1=O. The molecular weight excluding hydrogens is 142 g/mol. The molecule has 11 heavy (non-hydrogen) atoms. The number of carbonyl (C=O) groups is 1. The lowest BCUT2D eigenvalue weighted by molar-refractivity contribution is -0.130. The van der Waals surface area contributed by atoms with E-state index in [0.29, 0.717) is 6.61 Å². The van der Waals surface area contributed by atoms with Crippen molar-refractivity contribution in [2.45, 2.75) is 32.4 Å². The second kappa shape index (κ2) is 2.57. The van der Waals surface area contributed by atoms with Crippen molar-refractivity contribution >= 4 is 5.78 Å². The third-order valence-electron chi connectivity index (χ3n) is 2.19. The maximum atomic E-state index is 11.5. The first kappa shape index (κ1) is 8.68. The van der Waals surface area contributed by atoms with Crippen LogP contribution in [0.5, 0.6) is 0 Å². The van der Waals surface area contributed by atoms with Gasteiger partial charge in [0.05, 0.1) is 12.5 Å². The van der Waals surface area contributed by atoms with Crippen LogP contribution in [0.1, 0.15) is 20.8 Å². The number of hydrogen-bond donors (Lipinski definition) is 1. The normalized spacial score (nSPS) is 32.4. The molecule has 1 aliphatic rings. The van der Waals surface area contributed by atoms with Gasteiger partial charge in [0.2, 0.25) is 0 Å². The van der Waals surface area contributed by atoms with Gasteiger partial charge in [-0.1, -0.05) is 0 Å².